The third-order valence-electron chi connectivity index (χ3n) is 1.56. The van der Waals surface area contributed by atoms with E-state index < -0.39 is 5.91 Å². The van der Waals surface area contributed by atoms with Crippen molar-refractivity contribution in [2.45, 2.75) is 33.6 Å². The van der Waals surface area contributed by atoms with Crippen molar-refractivity contribution in [3.8, 4) is 0 Å². The van der Waals surface area contributed by atoms with E-state index in [1.807, 2.05) is 45.9 Å². The van der Waals surface area contributed by atoms with Crippen molar-refractivity contribution < 1.29 is 4.39 Å². The van der Waals surface area contributed by atoms with Gasteiger partial charge in [0.2, 0.25) is 0 Å². The van der Waals surface area contributed by atoms with Crippen LogP contribution in [0.25, 0.3) is 0 Å². The van der Waals surface area contributed by atoms with Crippen LogP contribution in [0.15, 0.2) is 18.2 Å². The largest absolute Gasteiger partial charge is 0.238 e. The average molecular weight is 200 g/mol. The summed E-state index contributed by atoms with van der Waals surface area (Å²) in [5, 5.41) is 0. The van der Waals surface area contributed by atoms with Crippen LogP contribution in [-0.4, -0.2) is 0 Å². The van der Waals surface area contributed by atoms with Gasteiger partial charge in [-0.2, -0.15) is 0 Å². The van der Waals surface area contributed by atoms with Crippen LogP contribution in [0.1, 0.15) is 36.5 Å². The summed E-state index contributed by atoms with van der Waals surface area (Å²) in [5.74, 6) is -0.936. The number of rotatable bonds is 1. The molecule has 0 aromatic heterocycles. The molecule has 0 amide bonds. The van der Waals surface area contributed by atoms with E-state index in [1.165, 1.54) is 0 Å². The molecular weight excluding hydrogens is 182 g/mol. The summed E-state index contributed by atoms with van der Waals surface area (Å²) < 4.78 is 12.8. The van der Waals surface area contributed by atoms with E-state index in [9.17, 15) is 4.39 Å². The Morgan fingerprint density at radius 1 is 1.08 bits per heavy atom. The van der Waals surface area contributed by atoms with Gasteiger partial charge in [0, 0.05) is 0 Å². The molecule has 0 saturated carbocycles. The first kappa shape index (κ1) is 12.6. The van der Waals surface area contributed by atoms with Gasteiger partial charge in [0.05, 0.1) is 0 Å². The summed E-state index contributed by atoms with van der Waals surface area (Å²) >= 11 is 0. The summed E-state index contributed by atoms with van der Waals surface area (Å²) in [4.78, 5) is 0. The highest BCUT2D eigenvalue weighted by Crippen LogP contribution is 2.25. The van der Waals surface area contributed by atoms with Gasteiger partial charge in [-0.25, -0.2) is 4.39 Å². The molecule has 0 fully saturated rings. The first-order valence-corrected chi connectivity index (χ1v) is 5.24. The Kier molecular flexibility index (Phi) is 5.90. The predicted molar refractivity (Wildman–Crippen MR) is 60.8 cm³/mol. The van der Waals surface area contributed by atoms with E-state index in [0.717, 1.165) is 16.7 Å². The van der Waals surface area contributed by atoms with Crippen molar-refractivity contribution in [1.29, 1.82) is 0 Å². The van der Waals surface area contributed by atoms with Crippen LogP contribution >= 0.6 is 9.24 Å². The molecule has 74 valence electrons. The molecule has 0 aliphatic heterocycles. The van der Waals surface area contributed by atoms with Crippen LogP contribution < -0.4 is 0 Å². The fourth-order valence-corrected chi connectivity index (χ4v) is 1.36. The molecule has 0 aliphatic rings. The Morgan fingerprint density at radius 2 is 1.46 bits per heavy atom. The molecule has 0 nitrogen and oxygen atoms in total. The number of alkyl halides is 1. The summed E-state index contributed by atoms with van der Waals surface area (Å²) in [7, 11) is 2.15. The summed E-state index contributed by atoms with van der Waals surface area (Å²) in [5.41, 5.74) is 2.97. The van der Waals surface area contributed by atoms with E-state index in [2.05, 4.69) is 9.24 Å². The molecule has 2 heteroatoms. The number of aryl methyl sites for hydroxylation is 2. The number of halogens is 1. The van der Waals surface area contributed by atoms with Gasteiger partial charge < -0.3 is 0 Å². The fraction of sp³-hybridized carbons (Fsp3) is 0.455. The molecule has 0 N–H and O–H groups in total. The van der Waals surface area contributed by atoms with Gasteiger partial charge in [0.15, 0.2) is 0 Å². The first-order chi connectivity index (χ1) is 6.09. The third kappa shape index (κ3) is 4.38. The zero-order valence-corrected chi connectivity index (χ0v) is 9.92. The molecule has 2 atom stereocenters. The van der Waals surface area contributed by atoms with Gasteiger partial charge in [0.1, 0.15) is 5.91 Å². The molecule has 0 aliphatic carbocycles. The lowest BCUT2D eigenvalue weighted by Crippen LogP contribution is -1.85. The molecule has 1 aromatic carbocycles. The minimum Gasteiger partial charge on any atom is -0.238 e. The van der Waals surface area contributed by atoms with E-state index in [-0.39, 0.29) is 0 Å². The van der Waals surface area contributed by atoms with Crippen molar-refractivity contribution in [3.63, 3.8) is 0 Å². The molecular formula is C11H18FP. The zero-order valence-electron chi connectivity index (χ0n) is 8.76. The monoisotopic (exact) mass is 200 g/mol. The summed E-state index contributed by atoms with van der Waals surface area (Å²) in [6, 6.07) is 5.77. The van der Waals surface area contributed by atoms with Crippen LogP contribution in [0, 0.1) is 13.8 Å². The zero-order chi connectivity index (χ0) is 10.4. The summed E-state index contributed by atoms with van der Waals surface area (Å²) in [6.45, 7) is 7.95. The highest BCUT2D eigenvalue weighted by atomic mass is 31.0. The molecule has 0 radical (unpaired) electrons. The minimum absolute atomic E-state index is 0.743. The second-order valence-electron chi connectivity index (χ2n) is 2.82. The molecule has 0 saturated heterocycles. The minimum atomic E-state index is -0.936. The van der Waals surface area contributed by atoms with Crippen LogP contribution in [-0.2, 0) is 0 Å². The Labute approximate surface area is 82.8 Å². The standard InChI is InChI=1S/C9H12FP.C2H6/c1-6-3-7(2)5-8(4-6)9(10)11;1-2/h3-5,9H,11H2,1-2H3;1-2H3. The van der Waals surface area contributed by atoms with Crippen molar-refractivity contribution >= 4 is 9.24 Å². The Balaban J connectivity index is 0.000000671. The average Bonchev–Trinajstić information content (AvgIpc) is 2.06. The van der Waals surface area contributed by atoms with Crippen LogP contribution in [0.2, 0.25) is 0 Å². The SMILES string of the molecule is CC.Cc1cc(C)cc(C(F)P)c1. The predicted octanol–water partition coefficient (Wildman–Crippen LogP) is 4.17. The second kappa shape index (κ2) is 6.10. The van der Waals surface area contributed by atoms with Crippen molar-refractivity contribution in [3.05, 3.63) is 34.9 Å². The Hall–Kier alpha value is -0.420. The third-order valence-corrected chi connectivity index (χ3v) is 1.95. The lowest BCUT2D eigenvalue weighted by molar-refractivity contribution is 0.468. The highest BCUT2D eigenvalue weighted by Gasteiger charge is 2.02. The molecule has 0 bridgehead atoms. The van der Waals surface area contributed by atoms with Gasteiger partial charge in [-0.05, 0) is 19.4 Å². The topological polar surface area (TPSA) is 0 Å². The Morgan fingerprint density at radius 3 is 1.77 bits per heavy atom. The lowest BCUT2D eigenvalue weighted by Gasteiger charge is -2.04. The fourth-order valence-electron chi connectivity index (χ4n) is 1.17. The second-order valence-corrected chi connectivity index (χ2v) is 3.41. The van der Waals surface area contributed by atoms with E-state index >= 15 is 0 Å². The van der Waals surface area contributed by atoms with Crippen molar-refractivity contribution in [1.82, 2.24) is 0 Å². The van der Waals surface area contributed by atoms with Gasteiger partial charge in [0.25, 0.3) is 0 Å². The highest BCUT2D eigenvalue weighted by molar-refractivity contribution is 7.16. The maximum absolute atomic E-state index is 12.8. The first-order valence-electron chi connectivity index (χ1n) is 4.57. The van der Waals surface area contributed by atoms with E-state index in [4.69, 9.17) is 0 Å². The van der Waals surface area contributed by atoms with Gasteiger partial charge in [-0.15, -0.1) is 0 Å². The van der Waals surface area contributed by atoms with Crippen molar-refractivity contribution in [2.24, 2.45) is 0 Å². The lowest BCUT2D eigenvalue weighted by atomic mass is 10.1. The summed E-state index contributed by atoms with van der Waals surface area (Å²) in [6.07, 6.45) is 0. The van der Waals surface area contributed by atoms with Gasteiger partial charge >= 0.3 is 0 Å². The van der Waals surface area contributed by atoms with Crippen LogP contribution in [0.4, 0.5) is 4.39 Å². The number of hydrogen-bond acceptors (Lipinski definition) is 0. The molecule has 1 aromatic rings. The smallest absolute Gasteiger partial charge is 0.138 e. The normalized spacial score (nSPS) is 11.5. The van der Waals surface area contributed by atoms with E-state index in [1.54, 1.807) is 0 Å². The van der Waals surface area contributed by atoms with Crippen LogP contribution in [0.3, 0.4) is 0 Å². The Bertz CT molecular complexity index is 236. The van der Waals surface area contributed by atoms with Crippen LogP contribution in [0.5, 0.6) is 0 Å². The molecule has 0 heterocycles. The maximum atomic E-state index is 12.8. The maximum Gasteiger partial charge on any atom is 0.138 e. The van der Waals surface area contributed by atoms with E-state index in [0.29, 0.717) is 0 Å². The number of benzene rings is 1. The van der Waals surface area contributed by atoms with Gasteiger partial charge in [-0.3, -0.25) is 0 Å². The van der Waals surface area contributed by atoms with Gasteiger partial charge in [-0.1, -0.05) is 52.4 Å². The molecule has 1 rings (SSSR count). The molecule has 2 unspecified atom stereocenters. The number of hydrogen-bond donors (Lipinski definition) is 0. The molecule has 0 spiro atoms. The quantitative estimate of drug-likeness (QED) is 0.597. The molecule has 13 heavy (non-hydrogen) atoms. The van der Waals surface area contributed by atoms with Crippen molar-refractivity contribution in [2.75, 3.05) is 0 Å².